The molecule has 9 nitrogen and oxygen atoms in total. The van der Waals surface area contributed by atoms with Gasteiger partial charge in [0.2, 0.25) is 11.8 Å². The third-order valence-electron chi connectivity index (χ3n) is 6.33. The standard InChI is InChI=1S/C24H27N7O2/c1-17-3-5-20(6-4-17)30-16-19(15-23(30)32)24(33)29-13-11-28(12-14-29)21-7-8-22(26-25-21)31-10-9-18(2)27-31/h3-10,19H,11-16H2,1-2H3. The molecular formula is C24H27N7O2. The molecule has 2 saturated heterocycles. The van der Waals surface area contributed by atoms with Crippen LogP contribution in [0.3, 0.4) is 0 Å². The number of amides is 2. The van der Waals surface area contributed by atoms with Crippen molar-refractivity contribution in [3.8, 4) is 5.82 Å². The average molecular weight is 446 g/mol. The first-order valence-corrected chi connectivity index (χ1v) is 11.2. The van der Waals surface area contributed by atoms with Gasteiger partial charge in [-0.2, -0.15) is 5.10 Å². The fourth-order valence-corrected chi connectivity index (χ4v) is 4.41. The van der Waals surface area contributed by atoms with Crippen molar-refractivity contribution in [2.24, 2.45) is 5.92 Å². The Morgan fingerprint density at radius 2 is 1.61 bits per heavy atom. The van der Waals surface area contributed by atoms with Gasteiger partial charge >= 0.3 is 0 Å². The molecule has 9 heteroatoms. The lowest BCUT2D eigenvalue weighted by Gasteiger charge is -2.36. The van der Waals surface area contributed by atoms with E-state index < -0.39 is 0 Å². The predicted octanol–water partition coefficient (Wildman–Crippen LogP) is 1.98. The maximum absolute atomic E-state index is 13.1. The number of anilines is 2. The molecule has 5 rings (SSSR count). The van der Waals surface area contributed by atoms with Gasteiger partial charge in [0.1, 0.15) is 0 Å². The molecule has 2 fully saturated rings. The number of nitrogens with zero attached hydrogens (tertiary/aromatic N) is 7. The van der Waals surface area contributed by atoms with Crippen molar-refractivity contribution in [3.63, 3.8) is 0 Å². The third kappa shape index (κ3) is 4.30. The number of benzene rings is 1. The minimum Gasteiger partial charge on any atom is -0.352 e. The number of aromatic nitrogens is 4. The van der Waals surface area contributed by atoms with E-state index in [2.05, 4.69) is 20.2 Å². The zero-order valence-corrected chi connectivity index (χ0v) is 18.9. The highest BCUT2D eigenvalue weighted by atomic mass is 16.2. The SMILES string of the molecule is Cc1ccc(N2CC(C(=O)N3CCN(c4ccc(-n5ccc(C)n5)nn4)CC3)CC2=O)cc1. The van der Waals surface area contributed by atoms with Crippen LogP contribution in [0.15, 0.2) is 48.7 Å². The summed E-state index contributed by atoms with van der Waals surface area (Å²) in [7, 11) is 0. The first-order valence-electron chi connectivity index (χ1n) is 11.2. The molecule has 1 unspecified atom stereocenters. The second kappa shape index (κ2) is 8.65. The Hall–Kier alpha value is -3.75. The molecule has 0 N–H and O–H groups in total. The van der Waals surface area contributed by atoms with Crippen LogP contribution in [0.2, 0.25) is 0 Å². The van der Waals surface area contributed by atoms with Gasteiger partial charge in [-0.3, -0.25) is 9.59 Å². The van der Waals surface area contributed by atoms with Crippen LogP contribution in [0.25, 0.3) is 5.82 Å². The monoisotopic (exact) mass is 445 g/mol. The molecule has 2 amide bonds. The van der Waals surface area contributed by atoms with E-state index >= 15 is 0 Å². The van der Waals surface area contributed by atoms with Crippen LogP contribution in [0.4, 0.5) is 11.5 Å². The Morgan fingerprint density at radius 1 is 0.909 bits per heavy atom. The second-order valence-electron chi connectivity index (χ2n) is 8.70. The van der Waals surface area contributed by atoms with Crippen molar-refractivity contribution in [1.82, 2.24) is 24.9 Å². The number of hydrogen-bond donors (Lipinski definition) is 0. The molecule has 0 saturated carbocycles. The minimum atomic E-state index is -0.290. The van der Waals surface area contributed by atoms with E-state index in [0.29, 0.717) is 38.5 Å². The van der Waals surface area contributed by atoms with Crippen LogP contribution < -0.4 is 9.80 Å². The van der Waals surface area contributed by atoms with Crippen LogP contribution in [0.5, 0.6) is 0 Å². The number of carbonyl (C=O) groups is 2. The van der Waals surface area contributed by atoms with Crippen molar-refractivity contribution in [2.75, 3.05) is 42.5 Å². The van der Waals surface area contributed by atoms with Crippen molar-refractivity contribution < 1.29 is 9.59 Å². The molecule has 4 heterocycles. The lowest BCUT2D eigenvalue weighted by molar-refractivity contribution is -0.136. The first kappa shape index (κ1) is 21.1. The zero-order valence-electron chi connectivity index (χ0n) is 18.9. The molecule has 2 aliphatic heterocycles. The predicted molar refractivity (Wildman–Crippen MR) is 124 cm³/mol. The first-order chi connectivity index (χ1) is 16.0. The van der Waals surface area contributed by atoms with E-state index in [1.54, 1.807) is 9.58 Å². The molecule has 3 aromatic rings. The topological polar surface area (TPSA) is 87.5 Å². The van der Waals surface area contributed by atoms with Gasteiger partial charge in [0.25, 0.3) is 0 Å². The van der Waals surface area contributed by atoms with Crippen LogP contribution in [-0.2, 0) is 9.59 Å². The summed E-state index contributed by atoms with van der Waals surface area (Å²) >= 11 is 0. The number of rotatable bonds is 4. The Kier molecular flexibility index (Phi) is 5.53. The maximum Gasteiger partial charge on any atom is 0.228 e. The van der Waals surface area contributed by atoms with Gasteiger partial charge in [0.15, 0.2) is 11.6 Å². The number of hydrogen-bond acceptors (Lipinski definition) is 6. The van der Waals surface area contributed by atoms with Crippen LogP contribution in [-0.4, -0.2) is 69.4 Å². The smallest absolute Gasteiger partial charge is 0.228 e. The van der Waals surface area contributed by atoms with E-state index in [-0.39, 0.29) is 24.2 Å². The summed E-state index contributed by atoms with van der Waals surface area (Å²) in [4.78, 5) is 31.4. The van der Waals surface area contributed by atoms with E-state index in [4.69, 9.17) is 0 Å². The lowest BCUT2D eigenvalue weighted by atomic mass is 10.1. The summed E-state index contributed by atoms with van der Waals surface area (Å²) in [6.07, 6.45) is 2.13. The Balaban J connectivity index is 1.17. The highest BCUT2D eigenvalue weighted by Gasteiger charge is 2.38. The number of carbonyl (C=O) groups excluding carboxylic acids is 2. The van der Waals surface area contributed by atoms with E-state index in [1.807, 2.05) is 67.4 Å². The quantitative estimate of drug-likeness (QED) is 0.610. The van der Waals surface area contributed by atoms with Gasteiger partial charge in [0, 0.05) is 51.0 Å². The van der Waals surface area contributed by atoms with Crippen LogP contribution in [0.1, 0.15) is 17.7 Å². The van der Waals surface area contributed by atoms with E-state index in [0.717, 1.165) is 22.8 Å². The highest BCUT2D eigenvalue weighted by molar-refractivity contribution is 6.00. The van der Waals surface area contributed by atoms with Gasteiger partial charge in [0.05, 0.1) is 11.6 Å². The van der Waals surface area contributed by atoms with Crippen molar-refractivity contribution >= 4 is 23.3 Å². The number of piperazine rings is 1. The van der Waals surface area contributed by atoms with E-state index in [9.17, 15) is 9.59 Å². The average Bonchev–Trinajstić information content (AvgIpc) is 3.45. The molecule has 0 spiro atoms. The molecule has 33 heavy (non-hydrogen) atoms. The van der Waals surface area contributed by atoms with Gasteiger partial charge in [-0.15, -0.1) is 10.2 Å². The van der Waals surface area contributed by atoms with Crippen molar-refractivity contribution in [3.05, 3.63) is 59.9 Å². The second-order valence-corrected chi connectivity index (χ2v) is 8.70. The van der Waals surface area contributed by atoms with Crippen LogP contribution in [0, 0.1) is 19.8 Å². The maximum atomic E-state index is 13.1. The van der Waals surface area contributed by atoms with Gasteiger partial charge < -0.3 is 14.7 Å². The summed E-state index contributed by atoms with van der Waals surface area (Å²) in [5.41, 5.74) is 2.93. The molecule has 170 valence electrons. The molecule has 2 aromatic heterocycles. The fraction of sp³-hybridized carbons (Fsp3) is 0.375. The zero-order chi connectivity index (χ0) is 22.9. The molecular weight excluding hydrogens is 418 g/mol. The summed E-state index contributed by atoms with van der Waals surface area (Å²) in [5, 5.41) is 13.0. The molecule has 0 bridgehead atoms. The molecule has 2 aliphatic rings. The molecule has 1 atom stereocenters. The summed E-state index contributed by atoms with van der Waals surface area (Å²) < 4.78 is 1.70. The highest BCUT2D eigenvalue weighted by Crippen LogP contribution is 2.27. The normalized spacial score (nSPS) is 18.8. The molecule has 0 aliphatic carbocycles. The third-order valence-corrected chi connectivity index (χ3v) is 6.33. The minimum absolute atomic E-state index is 0.0126. The van der Waals surface area contributed by atoms with E-state index in [1.165, 1.54) is 0 Å². The summed E-state index contributed by atoms with van der Waals surface area (Å²) in [6, 6.07) is 13.6. The Bertz CT molecular complexity index is 1150. The number of aryl methyl sites for hydroxylation is 2. The lowest BCUT2D eigenvalue weighted by Crippen LogP contribution is -2.51. The molecule has 0 radical (unpaired) electrons. The van der Waals surface area contributed by atoms with Gasteiger partial charge in [-0.25, -0.2) is 4.68 Å². The summed E-state index contributed by atoms with van der Waals surface area (Å²) in [6.45, 7) is 6.97. The van der Waals surface area contributed by atoms with Crippen molar-refractivity contribution in [1.29, 1.82) is 0 Å². The fourth-order valence-electron chi connectivity index (χ4n) is 4.41. The Labute approximate surface area is 192 Å². The Morgan fingerprint density at radius 3 is 2.24 bits per heavy atom. The van der Waals surface area contributed by atoms with Gasteiger partial charge in [-0.1, -0.05) is 17.7 Å². The van der Waals surface area contributed by atoms with Crippen molar-refractivity contribution in [2.45, 2.75) is 20.3 Å². The van der Waals surface area contributed by atoms with Crippen LogP contribution >= 0.6 is 0 Å². The summed E-state index contributed by atoms with van der Waals surface area (Å²) in [5.74, 6) is 1.25. The van der Waals surface area contributed by atoms with Gasteiger partial charge in [-0.05, 0) is 44.2 Å². The largest absolute Gasteiger partial charge is 0.352 e. The molecule has 1 aromatic carbocycles.